The molecule has 110 valence electrons. The van der Waals surface area contributed by atoms with E-state index in [9.17, 15) is 14.4 Å². The first kappa shape index (κ1) is 19.5. The van der Waals surface area contributed by atoms with Gasteiger partial charge in [-0.2, -0.15) is 0 Å². The maximum atomic E-state index is 10.6. The van der Waals surface area contributed by atoms with Crippen LogP contribution in [0, 0.1) is 0 Å². The first-order valence-electron chi connectivity index (χ1n) is 6.01. The number of rotatable bonds is 7. The van der Waals surface area contributed by atoms with Crippen LogP contribution in [0.25, 0.3) is 0 Å². The van der Waals surface area contributed by atoms with Gasteiger partial charge in [0.25, 0.3) is 0 Å². The second-order valence-corrected chi connectivity index (χ2v) is 3.51. The van der Waals surface area contributed by atoms with Crippen molar-refractivity contribution in [2.24, 2.45) is 0 Å². The van der Waals surface area contributed by atoms with Gasteiger partial charge in [0.15, 0.2) is 0 Å². The third kappa shape index (κ3) is 18.7. The normalized spacial score (nSPS) is 9.42. The third-order valence-corrected chi connectivity index (χ3v) is 1.96. The number of aliphatic carboxylic acids is 1. The number of unbranched alkanes of at least 4 members (excludes halogenated alkanes) is 1. The number of ether oxygens (including phenoxy) is 2. The van der Waals surface area contributed by atoms with Crippen LogP contribution in [0.1, 0.15) is 39.0 Å². The highest BCUT2D eigenvalue weighted by Crippen LogP contribution is 2.01. The quantitative estimate of drug-likeness (QED) is 0.433. The van der Waals surface area contributed by atoms with Crippen molar-refractivity contribution >= 4 is 17.9 Å². The monoisotopic (exact) mass is 274 g/mol. The molecule has 0 rings (SSSR count). The predicted octanol–water partition coefficient (Wildman–Crippen LogP) is 1.93. The zero-order valence-corrected chi connectivity index (χ0v) is 11.7. The zero-order chi connectivity index (χ0) is 15.1. The summed E-state index contributed by atoms with van der Waals surface area (Å²) in [6.45, 7) is 1.89. The lowest BCUT2D eigenvalue weighted by Gasteiger charge is -1.98. The summed E-state index contributed by atoms with van der Waals surface area (Å²) in [6.07, 6.45) is 5.60. The fourth-order valence-electron chi connectivity index (χ4n) is 0.961. The van der Waals surface area contributed by atoms with Crippen LogP contribution in [0.4, 0.5) is 0 Å². The van der Waals surface area contributed by atoms with Gasteiger partial charge in [0.2, 0.25) is 0 Å². The highest BCUT2D eigenvalue weighted by atomic mass is 16.5. The Labute approximate surface area is 113 Å². The Morgan fingerprint density at radius 1 is 1.00 bits per heavy atom. The first-order valence-corrected chi connectivity index (χ1v) is 6.01. The van der Waals surface area contributed by atoms with Crippen LogP contribution < -0.4 is 0 Å². The van der Waals surface area contributed by atoms with Crippen LogP contribution in [0.15, 0.2) is 12.2 Å². The van der Waals surface area contributed by atoms with Crippen LogP contribution in [0.2, 0.25) is 0 Å². The summed E-state index contributed by atoms with van der Waals surface area (Å²) >= 11 is 0. The van der Waals surface area contributed by atoms with Gasteiger partial charge < -0.3 is 14.6 Å². The van der Waals surface area contributed by atoms with E-state index in [0.717, 1.165) is 12.5 Å². The molecular weight excluding hydrogens is 252 g/mol. The Hall–Kier alpha value is -1.85. The molecule has 0 radical (unpaired) electrons. The Morgan fingerprint density at radius 2 is 1.42 bits per heavy atom. The Balaban J connectivity index is 0. The molecule has 0 atom stereocenters. The highest BCUT2D eigenvalue weighted by Gasteiger charge is 2.02. The molecule has 0 aliphatic rings. The van der Waals surface area contributed by atoms with E-state index in [-0.39, 0.29) is 11.9 Å². The standard InChI is InChI=1S/C8H14O4.C5H8O2/c1-11-7(9)5-3-4-6-8(10)12-2;1-2-3-4-5(6)7/h3-6H2,1-2H3;3-4H,2H2,1H3,(H,6,7). The Morgan fingerprint density at radius 3 is 1.63 bits per heavy atom. The van der Waals surface area contributed by atoms with E-state index in [1.807, 2.05) is 6.92 Å². The molecular formula is C13H22O6. The molecule has 0 aromatic carbocycles. The van der Waals surface area contributed by atoms with Crippen molar-refractivity contribution in [1.82, 2.24) is 0 Å². The first-order chi connectivity index (χ1) is 8.97. The second-order valence-electron chi connectivity index (χ2n) is 3.51. The molecule has 0 bridgehead atoms. The SMILES string of the molecule is CCC=CC(=O)O.COC(=O)CCCCC(=O)OC. The van der Waals surface area contributed by atoms with Crippen molar-refractivity contribution < 1.29 is 29.0 Å². The van der Waals surface area contributed by atoms with Gasteiger partial charge >= 0.3 is 17.9 Å². The summed E-state index contributed by atoms with van der Waals surface area (Å²) < 4.78 is 8.86. The molecule has 0 aromatic rings. The van der Waals surface area contributed by atoms with E-state index in [1.54, 1.807) is 6.08 Å². The van der Waals surface area contributed by atoms with Gasteiger partial charge in [-0.1, -0.05) is 13.0 Å². The summed E-state index contributed by atoms with van der Waals surface area (Å²) in [5.41, 5.74) is 0. The average Bonchev–Trinajstić information content (AvgIpc) is 2.41. The van der Waals surface area contributed by atoms with Gasteiger partial charge in [-0.15, -0.1) is 0 Å². The fraction of sp³-hybridized carbons (Fsp3) is 0.615. The summed E-state index contributed by atoms with van der Waals surface area (Å²) in [5, 5.41) is 7.96. The molecule has 0 amide bonds. The van der Waals surface area contributed by atoms with E-state index in [0.29, 0.717) is 25.7 Å². The second kappa shape index (κ2) is 14.2. The molecule has 0 saturated carbocycles. The van der Waals surface area contributed by atoms with Crippen molar-refractivity contribution in [1.29, 1.82) is 0 Å². The molecule has 0 fully saturated rings. The number of hydrogen-bond donors (Lipinski definition) is 1. The van der Waals surface area contributed by atoms with E-state index in [4.69, 9.17) is 5.11 Å². The fourth-order valence-corrected chi connectivity index (χ4v) is 0.961. The molecule has 0 aliphatic carbocycles. The smallest absolute Gasteiger partial charge is 0.327 e. The lowest BCUT2D eigenvalue weighted by molar-refractivity contribution is -0.142. The molecule has 0 spiro atoms. The molecule has 6 nitrogen and oxygen atoms in total. The van der Waals surface area contributed by atoms with Crippen LogP contribution >= 0.6 is 0 Å². The maximum absolute atomic E-state index is 10.6. The minimum absolute atomic E-state index is 0.236. The van der Waals surface area contributed by atoms with E-state index in [2.05, 4.69) is 9.47 Å². The predicted molar refractivity (Wildman–Crippen MR) is 69.6 cm³/mol. The molecule has 1 N–H and O–H groups in total. The molecule has 0 heterocycles. The largest absolute Gasteiger partial charge is 0.478 e. The molecule has 0 aromatic heterocycles. The van der Waals surface area contributed by atoms with Crippen LogP contribution in [-0.4, -0.2) is 37.2 Å². The number of carbonyl (C=O) groups is 3. The Kier molecular flexibility index (Phi) is 14.6. The van der Waals surface area contributed by atoms with Crippen molar-refractivity contribution in [2.45, 2.75) is 39.0 Å². The van der Waals surface area contributed by atoms with Gasteiger partial charge in [0.05, 0.1) is 14.2 Å². The summed E-state index contributed by atoms with van der Waals surface area (Å²) in [7, 11) is 2.70. The highest BCUT2D eigenvalue weighted by molar-refractivity contribution is 5.79. The van der Waals surface area contributed by atoms with Crippen molar-refractivity contribution in [3.63, 3.8) is 0 Å². The van der Waals surface area contributed by atoms with E-state index in [1.165, 1.54) is 14.2 Å². The lowest BCUT2D eigenvalue weighted by Crippen LogP contribution is -2.02. The number of allylic oxidation sites excluding steroid dienone is 1. The van der Waals surface area contributed by atoms with Crippen LogP contribution in [0.5, 0.6) is 0 Å². The minimum atomic E-state index is -0.873. The van der Waals surface area contributed by atoms with E-state index < -0.39 is 5.97 Å². The minimum Gasteiger partial charge on any atom is -0.478 e. The van der Waals surface area contributed by atoms with Gasteiger partial charge in [-0.25, -0.2) is 4.79 Å². The van der Waals surface area contributed by atoms with Gasteiger partial charge in [-0.3, -0.25) is 9.59 Å². The van der Waals surface area contributed by atoms with Gasteiger partial charge in [-0.05, 0) is 19.3 Å². The summed E-state index contributed by atoms with van der Waals surface area (Å²) in [5.74, 6) is -1.35. The average molecular weight is 274 g/mol. The van der Waals surface area contributed by atoms with Crippen molar-refractivity contribution in [3.05, 3.63) is 12.2 Å². The van der Waals surface area contributed by atoms with E-state index >= 15 is 0 Å². The van der Waals surface area contributed by atoms with Gasteiger partial charge in [0, 0.05) is 18.9 Å². The number of carboxylic acids is 1. The van der Waals surface area contributed by atoms with Crippen molar-refractivity contribution in [3.8, 4) is 0 Å². The number of esters is 2. The molecule has 0 saturated heterocycles. The number of hydrogen-bond acceptors (Lipinski definition) is 5. The zero-order valence-electron chi connectivity index (χ0n) is 11.7. The van der Waals surface area contributed by atoms with Crippen LogP contribution in [-0.2, 0) is 23.9 Å². The topological polar surface area (TPSA) is 89.9 Å². The van der Waals surface area contributed by atoms with Crippen molar-refractivity contribution in [2.75, 3.05) is 14.2 Å². The Bertz CT molecular complexity index is 278. The third-order valence-electron chi connectivity index (χ3n) is 1.96. The molecule has 0 aliphatic heterocycles. The maximum Gasteiger partial charge on any atom is 0.327 e. The lowest BCUT2D eigenvalue weighted by atomic mass is 10.2. The van der Waals surface area contributed by atoms with Gasteiger partial charge in [0.1, 0.15) is 0 Å². The summed E-state index contributed by atoms with van der Waals surface area (Å²) in [4.78, 5) is 30.8. The molecule has 0 unspecified atom stereocenters. The number of methoxy groups -OCH3 is 2. The molecule has 19 heavy (non-hydrogen) atoms. The molecule has 6 heteroatoms. The number of carbonyl (C=O) groups excluding carboxylic acids is 2. The number of carboxylic acid groups (broad SMARTS) is 1. The summed E-state index contributed by atoms with van der Waals surface area (Å²) in [6, 6.07) is 0. The van der Waals surface area contributed by atoms with Crippen LogP contribution in [0.3, 0.4) is 0 Å².